The molecule has 0 radical (unpaired) electrons. The highest BCUT2D eigenvalue weighted by atomic mass is 79.9. The largest absolute Gasteiger partial charge is 0.354 e. The second-order valence-corrected chi connectivity index (χ2v) is 9.05. The van der Waals surface area contributed by atoms with E-state index in [9.17, 15) is 4.79 Å². The maximum atomic E-state index is 12.5. The number of amides is 1. The van der Waals surface area contributed by atoms with E-state index in [2.05, 4.69) is 52.7 Å². The van der Waals surface area contributed by atoms with Gasteiger partial charge in [-0.25, -0.2) is 9.97 Å². The number of hydrogen-bond acceptors (Lipinski definition) is 6. The number of carbonyl (C=O) groups is 1. The summed E-state index contributed by atoms with van der Waals surface area (Å²) < 4.78 is 5.11. The van der Waals surface area contributed by atoms with Crippen LogP contribution in [0.5, 0.6) is 0 Å². The molecule has 3 aromatic heterocycles. The number of rotatable bonds is 3. The Labute approximate surface area is 188 Å². The molecule has 0 saturated carbocycles. The molecule has 0 unspecified atom stereocenters. The van der Waals surface area contributed by atoms with E-state index in [1.807, 2.05) is 25.4 Å². The third kappa shape index (κ3) is 3.45. The molecule has 0 spiro atoms. The van der Waals surface area contributed by atoms with Crippen molar-refractivity contribution in [3.05, 3.63) is 33.5 Å². The van der Waals surface area contributed by atoms with Crippen LogP contribution < -0.4 is 10.6 Å². The maximum Gasteiger partial charge on any atom is 0.242 e. The van der Waals surface area contributed by atoms with Crippen LogP contribution >= 0.6 is 31.9 Å². The zero-order chi connectivity index (χ0) is 20.8. The Morgan fingerprint density at radius 1 is 1.23 bits per heavy atom. The van der Waals surface area contributed by atoms with Gasteiger partial charge in [-0.3, -0.25) is 9.48 Å². The molecular weight excluding hydrogens is 516 g/mol. The lowest BCUT2D eigenvalue weighted by molar-refractivity contribution is -0.121. The molecule has 1 aromatic carbocycles. The van der Waals surface area contributed by atoms with Crippen molar-refractivity contribution in [2.24, 2.45) is 7.05 Å². The summed E-state index contributed by atoms with van der Waals surface area (Å²) in [5, 5.41) is 16.0. The van der Waals surface area contributed by atoms with E-state index in [-0.39, 0.29) is 11.9 Å². The molecule has 4 heterocycles. The number of fused-ring (bicyclic) bond motifs is 3. The number of carbonyl (C=O) groups excluding carboxylic acids is 1. The molecular formula is C19H18Br2N8O. The topological polar surface area (TPSA) is 102 Å². The van der Waals surface area contributed by atoms with Crippen LogP contribution in [0.2, 0.25) is 0 Å². The van der Waals surface area contributed by atoms with Gasteiger partial charge >= 0.3 is 0 Å². The number of nitrogens with one attached hydrogen (secondary N) is 2. The molecule has 154 valence electrons. The number of anilines is 1. The average molecular weight is 534 g/mol. The minimum Gasteiger partial charge on any atom is -0.354 e. The lowest BCUT2D eigenvalue weighted by Gasteiger charge is -2.17. The quantitative estimate of drug-likeness (QED) is 0.419. The Morgan fingerprint density at radius 3 is 2.90 bits per heavy atom. The minimum absolute atomic E-state index is 0.0231. The number of aryl methyl sites for hydroxylation is 1. The van der Waals surface area contributed by atoms with Crippen LogP contribution in [0, 0.1) is 0 Å². The molecule has 1 saturated heterocycles. The SMILES string of the molecule is Cn1cc(-c2nc3c4cc(Br)cc(Br)c4nc(N[C@@H]4CCCCNC4=O)n3n2)cn1. The molecule has 30 heavy (non-hydrogen) atoms. The number of benzene rings is 1. The summed E-state index contributed by atoms with van der Waals surface area (Å²) >= 11 is 7.14. The molecule has 5 rings (SSSR count). The van der Waals surface area contributed by atoms with Crippen LogP contribution in [0.4, 0.5) is 5.95 Å². The van der Waals surface area contributed by atoms with Gasteiger partial charge in [0.25, 0.3) is 0 Å². The van der Waals surface area contributed by atoms with E-state index in [0.29, 0.717) is 24.0 Å². The van der Waals surface area contributed by atoms with Crippen LogP contribution in [-0.2, 0) is 11.8 Å². The van der Waals surface area contributed by atoms with Crippen LogP contribution in [0.25, 0.3) is 27.9 Å². The van der Waals surface area contributed by atoms with Crippen molar-refractivity contribution in [2.45, 2.75) is 25.3 Å². The lowest BCUT2D eigenvalue weighted by atomic mass is 10.1. The second kappa shape index (κ2) is 7.62. The number of halogens is 2. The van der Waals surface area contributed by atoms with Crippen molar-refractivity contribution in [1.29, 1.82) is 0 Å². The van der Waals surface area contributed by atoms with Gasteiger partial charge < -0.3 is 10.6 Å². The highest BCUT2D eigenvalue weighted by Gasteiger charge is 2.24. The first-order valence-corrected chi connectivity index (χ1v) is 11.2. The summed E-state index contributed by atoms with van der Waals surface area (Å²) in [7, 11) is 1.85. The first-order valence-electron chi connectivity index (χ1n) is 9.58. The zero-order valence-corrected chi connectivity index (χ0v) is 19.2. The van der Waals surface area contributed by atoms with Crippen molar-refractivity contribution in [2.75, 3.05) is 11.9 Å². The fraction of sp³-hybridized carbons (Fsp3) is 0.316. The Balaban J connectivity index is 1.71. The molecule has 11 heteroatoms. The van der Waals surface area contributed by atoms with E-state index < -0.39 is 0 Å². The van der Waals surface area contributed by atoms with E-state index >= 15 is 0 Å². The second-order valence-electron chi connectivity index (χ2n) is 7.28. The summed E-state index contributed by atoms with van der Waals surface area (Å²) in [4.78, 5) is 22.1. The lowest BCUT2D eigenvalue weighted by Crippen LogP contribution is -2.38. The van der Waals surface area contributed by atoms with Crippen LogP contribution in [0.1, 0.15) is 19.3 Å². The fourth-order valence-electron chi connectivity index (χ4n) is 3.62. The molecule has 1 aliphatic rings. The van der Waals surface area contributed by atoms with E-state index in [1.165, 1.54) is 0 Å². The standard InChI is InChI=1S/C19H18Br2N8O/c1-28-9-10(8-23-28)16-26-17-12-6-11(20)7-13(21)15(12)25-19(29(17)27-16)24-14-4-2-3-5-22-18(14)30/h6-9,14H,2-5H2,1H3,(H,22,30)(H,24,25)/t14-/m1/s1. The van der Waals surface area contributed by atoms with Gasteiger partial charge in [-0.15, -0.1) is 5.10 Å². The van der Waals surface area contributed by atoms with Gasteiger partial charge in [0.05, 0.1) is 17.3 Å². The van der Waals surface area contributed by atoms with Crippen LogP contribution in [0.3, 0.4) is 0 Å². The van der Waals surface area contributed by atoms with Gasteiger partial charge in [-0.05, 0) is 47.3 Å². The Morgan fingerprint density at radius 2 is 2.10 bits per heavy atom. The number of nitrogens with zero attached hydrogens (tertiary/aromatic N) is 6. The third-order valence-electron chi connectivity index (χ3n) is 5.10. The maximum absolute atomic E-state index is 12.5. The van der Waals surface area contributed by atoms with Gasteiger partial charge in [0.2, 0.25) is 11.9 Å². The monoisotopic (exact) mass is 532 g/mol. The van der Waals surface area contributed by atoms with E-state index in [4.69, 9.17) is 9.97 Å². The minimum atomic E-state index is -0.374. The van der Waals surface area contributed by atoms with Crippen LogP contribution in [-0.4, -0.2) is 47.9 Å². The molecule has 1 fully saturated rings. The van der Waals surface area contributed by atoms with Gasteiger partial charge in [-0.2, -0.15) is 9.61 Å². The van der Waals surface area contributed by atoms with Crippen molar-refractivity contribution in [1.82, 2.24) is 34.7 Å². The Bertz CT molecular complexity index is 1280. The Kier molecular flexibility index (Phi) is 4.94. The Hall–Kier alpha value is -2.53. The van der Waals surface area contributed by atoms with Crippen LogP contribution in [0.15, 0.2) is 33.5 Å². The molecule has 2 N–H and O–H groups in total. The number of aromatic nitrogens is 6. The van der Waals surface area contributed by atoms with Gasteiger partial charge in [0, 0.05) is 34.1 Å². The molecule has 1 aliphatic heterocycles. The average Bonchev–Trinajstić information content (AvgIpc) is 3.28. The fourth-order valence-corrected chi connectivity index (χ4v) is 4.94. The summed E-state index contributed by atoms with van der Waals surface area (Å²) in [5.74, 6) is 0.997. The normalized spacial score (nSPS) is 17.3. The van der Waals surface area contributed by atoms with Crippen molar-refractivity contribution in [3.63, 3.8) is 0 Å². The first kappa shape index (κ1) is 19.4. The molecule has 0 aliphatic carbocycles. The summed E-state index contributed by atoms with van der Waals surface area (Å²) in [6.45, 7) is 0.700. The summed E-state index contributed by atoms with van der Waals surface area (Å²) in [6, 6.07) is 3.53. The van der Waals surface area contributed by atoms with Crippen molar-refractivity contribution < 1.29 is 4.79 Å². The van der Waals surface area contributed by atoms with Gasteiger partial charge in [0.15, 0.2) is 11.5 Å². The summed E-state index contributed by atoms with van der Waals surface area (Å²) in [5.41, 5.74) is 2.20. The van der Waals surface area contributed by atoms with Crippen molar-refractivity contribution in [3.8, 4) is 11.4 Å². The predicted octanol–water partition coefficient (Wildman–Crippen LogP) is 3.28. The highest BCUT2D eigenvalue weighted by Crippen LogP contribution is 2.32. The van der Waals surface area contributed by atoms with E-state index in [0.717, 1.165) is 44.7 Å². The number of hydrogen-bond donors (Lipinski definition) is 2. The molecule has 4 aromatic rings. The zero-order valence-electron chi connectivity index (χ0n) is 16.1. The molecule has 1 amide bonds. The molecule has 0 bridgehead atoms. The van der Waals surface area contributed by atoms with Crippen molar-refractivity contribution >= 4 is 60.3 Å². The van der Waals surface area contributed by atoms with Gasteiger partial charge in [-0.1, -0.05) is 15.9 Å². The molecule has 9 nitrogen and oxygen atoms in total. The third-order valence-corrected chi connectivity index (χ3v) is 6.16. The summed E-state index contributed by atoms with van der Waals surface area (Å²) in [6.07, 6.45) is 6.25. The highest BCUT2D eigenvalue weighted by molar-refractivity contribution is 9.11. The molecule has 1 atom stereocenters. The van der Waals surface area contributed by atoms with E-state index in [1.54, 1.807) is 15.4 Å². The van der Waals surface area contributed by atoms with Gasteiger partial charge in [0.1, 0.15) is 6.04 Å². The first-order chi connectivity index (χ1) is 14.5. The smallest absolute Gasteiger partial charge is 0.242 e. The predicted molar refractivity (Wildman–Crippen MR) is 120 cm³/mol.